The number of amides is 1. The zero-order chi connectivity index (χ0) is 14.0. The smallest absolute Gasteiger partial charge is 0.311 e. The molecule has 0 saturated carbocycles. The van der Waals surface area contributed by atoms with E-state index in [1.165, 1.54) is 7.11 Å². The van der Waals surface area contributed by atoms with E-state index in [1.54, 1.807) is 18.1 Å². The van der Waals surface area contributed by atoms with Crippen molar-refractivity contribution in [1.82, 2.24) is 0 Å². The van der Waals surface area contributed by atoms with E-state index in [0.29, 0.717) is 12.3 Å². The molecule has 1 unspecified atom stereocenters. The fourth-order valence-electron chi connectivity index (χ4n) is 2.10. The van der Waals surface area contributed by atoms with Gasteiger partial charge in [0.25, 0.3) is 0 Å². The third-order valence-electron chi connectivity index (χ3n) is 3.11. The van der Waals surface area contributed by atoms with E-state index in [9.17, 15) is 9.59 Å². The second kappa shape index (κ2) is 5.61. The molecule has 1 saturated heterocycles. The molecule has 1 aromatic carbocycles. The van der Waals surface area contributed by atoms with Gasteiger partial charge in [-0.25, -0.2) is 0 Å². The molecule has 0 radical (unpaired) electrons. The van der Waals surface area contributed by atoms with Gasteiger partial charge in [-0.2, -0.15) is 0 Å². The van der Waals surface area contributed by atoms with E-state index in [-0.39, 0.29) is 18.3 Å². The van der Waals surface area contributed by atoms with Crippen molar-refractivity contribution in [3.63, 3.8) is 0 Å². The van der Waals surface area contributed by atoms with Crippen LogP contribution in [0.15, 0.2) is 22.7 Å². The maximum atomic E-state index is 12.0. The molecule has 102 valence electrons. The quantitative estimate of drug-likeness (QED) is 0.796. The minimum Gasteiger partial charge on any atom is -0.495 e. The molecule has 1 fully saturated rings. The lowest BCUT2D eigenvalue weighted by atomic mass is 10.1. The first kappa shape index (κ1) is 13.9. The van der Waals surface area contributed by atoms with Gasteiger partial charge in [0, 0.05) is 24.7 Å². The molecule has 5 nitrogen and oxygen atoms in total. The van der Waals surface area contributed by atoms with Crippen molar-refractivity contribution in [2.24, 2.45) is 5.92 Å². The van der Waals surface area contributed by atoms with Crippen LogP contribution in [0, 0.1) is 5.92 Å². The van der Waals surface area contributed by atoms with Gasteiger partial charge in [-0.1, -0.05) is 0 Å². The summed E-state index contributed by atoms with van der Waals surface area (Å²) in [7, 11) is 2.89. The molecule has 0 N–H and O–H groups in total. The fraction of sp³-hybridized carbons (Fsp3) is 0.385. The summed E-state index contributed by atoms with van der Waals surface area (Å²) in [5.74, 6) is -0.182. The summed E-state index contributed by atoms with van der Waals surface area (Å²) >= 11 is 3.36. The number of benzene rings is 1. The molecule has 0 aromatic heterocycles. The number of halogens is 1. The van der Waals surface area contributed by atoms with E-state index in [0.717, 1.165) is 10.2 Å². The maximum absolute atomic E-state index is 12.0. The minimum atomic E-state index is -0.396. The summed E-state index contributed by atoms with van der Waals surface area (Å²) in [6.45, 7) is 0.344. The lowest BCUT2D eigenvalue weighted by Gasteiger charge is -2.17. The lowest BCUT2D eigenvalue weighted by Crippen LogP contribution is -2.26. The summed E-state index contributed by atoms with van der Waals surface area (Å²) < 4.78 is 10.7. The van der Waals surface area contributed by atoms with Gasteiger partial charge in [0.15, 0.2) is 0 Å². The van der Waals surface area contributed by atoms with Crippen LogP contribution >= 0.6 is 15.9 Å². The molecular formula is C13H14BrNO4. The molecule has 0 spiro atoms. The molecule has 0 bridgehead atoms. The van der Waals surface area contributed by atoms with Crippen molar-refractivity contribution < 1.29 is 19.1 Å². The molecule has 1 atom stereocenters. The Kier molecular flexibility index (Phi) is 4.09. The van der Waals surface area contributed by atoms with Crippen LogP contribution in [-0.4, -0.2) is 32.6 Å². The summed E-state index contributed by atoms with van der Waals surface area (Å²) in [4.78, 5) is 25.0. The second-order valence-electron chi connectivity index (χ2n) is 4.25. The molecule has 1 aromatic rings. The van der Waals surface area contributed by atoms with E-state index in [1.807, 2.05) is 12.1 Å². The first-order chi connectivity index (χ1) is 9.06. The first-order valence-corrected chi connectivity index (χ1v) is 6.58. The van der Waals surface area contributed by atoms with E-state index >= 15 is 0 Å². The first-order valence-electron chi connectivity index (χ1n) is 5.78. The van der Waals surface area contributed by atoms with Crippen molar-refractivity contribution >= 4 is 33.5 Å². The molecule has 1 amide bonds. The third-order valence-corrected chi connectivity index (χ3v) is 3.76. The number of hydrogen-bond acceptors (Lipinski definition) is 4. The Hall–Kier alpha value is -1.56. The molecule has 2 rings (SSSR count). The largest absolute Gasteiger partial charge is 0.495 e. The summed E-state index contributed by atoms with van der Waals surface area (Å²) in [5, 5.41) is 0. The predicted octanol–water partition coefficient (Wildman–Crippen LogP) is 1.98. The van der Waals surface area contributed by atoms with Crippen molar-refractivity contribution in [1.29, 1.82) is 0 Å². The van der Waals surface area contributed by atoms with Gasteiger partial charge in [-0.05, 0) is 28.1 Å². The van der Waals surface area contributed by atoms with Gasteiger partial charge in [0.05, 0.1) is 24.6 Å². The van der Waals surface area contributed by atoms with E-state index in [4.69, 9.17) is 4.74 Å². The van der Waals surface area contributed by atoms with Crippen molar-refractivity contribution in [3.05, 3.63) is 22.7 Å². The Morgan fingerprint density at radius 3 is 2.79 bits per heavy atom. The Morgan fingerprint density at radius 1 is 1.42 bits per heavy atom. The molecule has 1 aliphatic heterocycles. The number of rotatable bonds is 3. The van der Waals surface area contributed by atoms with Crippen LogP contribution in [0.4, 0.5) is 5.69 Å². The van der Waals surface area contributed by atoms with Gasteiger partial charge < -0.3 is 14.4 Å². The van der Waals surface area contributed by atoms with Gasteiger partial charge in [-0.3, -0.25) is 9.59 Å². The Labute approximate surface area is 119 Å². The van der Waals surface area contributed by atoms with Crippen LogP contribution in [0.5, 0.6) is 5.75 Å². The number of methoxy groups -OCH3 is 2. The highest BCUT2D eigenvalue weighted by Crippen LogP contribution is 2.32. The van der Waals surface area contributed by atoms with Crippen LogP contribution in [0.25, 0.3) is 0 Å². The number of carbonyl (C=O) groups excluding carboxylic acids is 2. The number of hydrogen-bond donors (Lipinski definition) is 0. The van der Waals surface area contributed by atoms with E-state index in [2.05, 4.69) is 20.7 Å². The standard InChI is InChI=1S/C13H14BrNO4/c1-18-11-6-9(3-4-10(11)14)15-7-8(5-12(15)16)13(17)19-2/h3-4,6,8H,5,7H2,1-2H3. The number of ether oxygens (including phenoxy) is 2. The fourth-order valence-corrected chi connectivity index (χ4v) is 2.51. The summed E-state index contributed by atoms with van der Waals surface area (Å²) in [6.07, 6.45) is 0.186. The highest BCUT2D eigenvalue weighted by atomic mass is 79.9. The molecule has 1 heterocycles. The van der Waals surface area contributed by atoms with Crippen LogP contribution < -0.4 is 9.64 Å². The topological polar surface area (TPSA) is 55.8 Å². The van der Waals surface area contributed by atoms with Crippen LogP contribution in [0.2, 0.25) is 0 Å². The van der Waals surface area contributed by atoms with Crippen LogP contribution in [0.3, 0.4) is 0 Å². The second-order valence-corrected chi connectivity index (χ2v) is 5.10. The minimum absolute atomic E-state index is 0.0835. The predicted molar refractivity (Wildman–Crippen MR) is 73.2 cm³/mol. The number of esters is 1. The van der Waals surface area contributed by atoms with Crippen LogP contribution in [0.1, 0.15) is 6.42 Å². The molecule has 0 aliphatic carbocycles. The van der Waals surface area contributed by atoms with Gasteiger partial charge in [-0.15, -0.1) is 0 Å². The Bertz CT molecular complexity index is 517. The SMILES string of the molecule is COC(=O)C1CC(=O)N(c2ccc(Br)c(OC)c2)C1. The number of nitrogens with zero attached hydrogens (tertiary/aromatic N) is 1. The average Bonchev–Trinajstić information content (AvgIpc) is 2.80. The highest BCUT2D eigenvalue weighted by molar-refractivity contribution is 9.10. The Balaban J connectivity index is 2.23. The van der Waals surface area contributed by atoms with E-state index < -0.39 is 5.92 Å². The summed E-state index contributed by atoms with van der Waals surface area (Å²) in [6, 6.07) is 5.39. The Morgan fingerprint density at radius 2 is 2.16 bits per heavy atom. The highest BCUT2D eigenvalue weighted by Gasteiger charge is 2.35. The normalized spacial score (nSPS) is 18.6. The third kappa shape index (κ3) is 2.73. The van der Waals surface area contributed by atoms with Crippen LogP contribution in [-0.2, 0) is 14.3 Å². The van der Waals surface area contributed by atoms with Gasteiger partial charge in [0.2, 0.25) is 5.91 Å². The zero-order valence-electron chi connectivity index (χ0n) is 10.7. The van der Waals surface area contributed by atoms with Crippen molar-refractivity contribution in [3.8, 4) is 5.75 Å². The lowest BCUT2D eigenvalue weighted by molar-refractivity contribution is -0.145. The van der Waals surface area contributed by atoms with Gasteiger partial charge in [0.1, 0.15) is 5.75 Å². The van der Waals surface area contributed by atoms with Crippen molar-refractivity contribution in [2.45, 2.75) is 6.42 Å². The number of carbonyl (C=O) groups is 2. The zero-order valence-corrected chi connectivity index (χ0v) is 12.3. The average molecular weight is 328 g/mol. The summed E-state index contributed by atoms with van der Waals surface area (Å²) in [5.41, 5.74) is 0.719. The van der Waals surface area contributed by atoms with Crippen molar-refractivity contribution in [2.75, 3.05) is 25.7 Å². The molecule has 6 heteroatoms. The van der Waals surface area contributed by atoms with Gasteiger partial charge >= 0.3 is 5.97 Å². The molecule has 1 aliphatic rings. The molecular weight excluding hydrogens is 314 g/mol. The monoisotopic (exact) mass is 327 g/mol. The maximum Gasteiger partial charge on any atom is 0.311 e. The number of anilines is 1. The molecule has 19 heavy (non-hydrogen) atoms.